The van der Waals surface area contributed by atoms with Crippen LogP contribution < -0.4 is 5.32 Å². The summed E-state index contributed by atoms with van der Waals surface area (Å²) >= 11 is 0. The van der Waals surface area contributed by atoms with Crippen LogP contribution in [0.25, 0.3) is 0 Å². The van der Waals surface area contributed by atoms with Crippen LogP contribution in [0.2, 0.25) is 0 Å². The predicted octanol–water partition coefficient (Wildman–Crippen LogP) is 3.46. The largest absolute Gasteiger partial charge is 0.389 e. The molecule has 0 saturated carbocycles. The van der Waals surface area contributed by atoms with E-state index in [9.17, 15) is 23.3 Å². The molecule has 0 aliphatic heterocycles. The van der Waals surface area contributed by atoms with Gasteiger partial charge in [0.1, 0.15) is 0 Å². The maximum absolute atomic E-state index is 11.9. The molecule has 7 heteroatoms. The number of unbranched alkanes of at least 4 members (excludes halogenated alkanes) is 1. The van der Waals surface area contributed by atoms with Gasteiger partial charge in [-0.3, -0.25) is 10.1 Å². The second-order valence-corrected chi connectivity index (χ2v) is 4.50. The Bertz CT molecular complexity index is 419. The monoisotopic (exact) mass is 290 g/mol. The van der Waals surface area contributed by atoms with E-state index in [0.29, 0.717) is 25.9 Å². The van der Waals surface area contributed by atoms with Crippen molar-refractivity contribution in [3.8, 4) is 0 Å². The molecular weight excluding hydrogens is 273 g/mol. The molecule has 0 fully saturated rings. The van der Waals surface area contributed by atoms with E-state index in [1.165, 1.54) is 12.1 Å². The highest BCUT2D eigenvalue weighted by molar-refractivity contribution is 5.32. The van der Waals surface area contributed by atoms with Crippen molar-refractivity contribution in [2.45, 2.75) is 31.9 Å². The Morgan fingerprint density at radius 1 is 1.10 bits per heavy atom. The number of hydrogen-bond acceptors (Lipinski definition) is 3. The number of halogens is 3. The maximum atomic E-state index is 11.9. The minimum absolute atomic E-state index is 0.0499. The quantitative estimate of drug-likeness (QED) is 0.453. The van der Waals surface area contributed by atoms with Crippen molar-refractivity contribution >= 4 is 5.69 Å². The fraction of sp³-hybridized carbons (Fsp3) is 0.538. The number of nitro groups is 1. The highest BCUT2D eigenvalue weighted by Crippen LogP contribution is 2.21. The van der Waals surface area contributed by atoms with Crippen LogP contribution >= 0.6 is 0 Å². The molecule has 1 aromatic carbocycles. The minimum Gasteiger partial charge on any atom is -0.316 e. The zero-order valence-corrected chi connectivity index (χ0v) is 10.9. The SMILES string of the molecule is O=[N+]([O-])c1ccc(CCNCCCCC(F)(F)F)cc1. The molecule has 20 heavy (non-hydrogen) atoms. The lowest BCUT2D eigenvalue weighted by Gasteiger charge is -2.07. The zero-order valence-electron chi connectivity index (χ0n) is 10.9. The molecule has 0 unspecified atom stereocenters. The van der Waals surface area contributed by atoms with Crippen molar-refractivity contribution < 1.29 is 18.1 Å². The van der Waals surface area contributed by atoms with Crippen LogP contribution in [0.5, 0.6) is 0 Å². The van der Waals surface area contributed by atoms with E-state index in [4.69, 9.17) is 0 Å². The van der Waals surface area contributed by atoms with Crippen LogP contribution in [0.1, 0.15) is 24.8 Å². The second-order valence-electron chi connectivity index (χ2n) is 4.50. The van der Waals surface area contributed by atoms with Gasteiger partial charge in [-0.1, -0.05) is 12.1 Å². The van der Waals surface area contributed by atoms with Gasteiger partial charge in [0.25, 0.3) is 5.69 Å². The van der Waals surface area contributed by atoms with Gasteiger partial charge in [-0.15, -0.1) is 0 Å². The Morgan fingerprint density at radius 2 is 1.75 bits per heavy atom. The Labute approximate surface area is 115 Å². The summed E-state index contributed by atoms with van der Waals surface area (Å²) in [7, 11) is 0. The molecule has 1 rings (SSSR count). The lowest BCUT2D eigenvalue weighted by atomic mass is 10.1. The molecule has 0 aliphatic rings. The number of benzene rings is 1. The van der Waals surface area contributed by atoms with E-state index < -0.39 is 17.5 Å². The van der Waals surface area contributed by atoms with Gasteiger partial charge in [0.15, 0.2) is 0 Å². The predicted molar refractivity (Wildman–Crippen MR) is 69.6 cm³/mol. The summed E-state index contributed by atoms with van der Waals surface area (Å²) in [4.78, 5) is 10.0. The summed E-state index contributed by atoms with van der Waals surface area (Å²) in [5.41, 5.74) is 1.01. The van der Waals surface area contributed by atoms with E-state index in [1.54, 1.807) is 12.1 Å². The highest BCUT2D eigenvalue weighted by atomic mass is 19.4. The van der Waals surface area contributed by atoms with Crippen molar-refractivity contribution in [2.24, 2.45) is 0 Å². The van der Waals surface area contributed by atoms with E-state index in [2.05, 4.69) is 5.32 Å². The molecule has 1 aromatic rings. The minimum atomic E-state index is -4.07. The van der Waals surface area contributed by atoms with Gasteiger partial charge in [0.2, 0.25) is 0 Å². The van der Waals surface area contributed by atoms with Crippen LogP contribution in [-0.4, -0.2) is 24.2 Å². The fourth-order valence-electron chi connectivity index (χ4n) is 1.72. The van der Waals surface area contributed by atoms with Crippen LogP contribution in [0.4, 0.5) is 18.9 Å². The third-order valence-electron chi connectivity index (χ3n) is 2.80. The molecule has 0 spiro atoms. The summed E-state index contributed by atoms with van der Waals surface area (Å²) in [5.74, 6) is 0. The van der Waals surface area contributed by atoms with Crippen molar-refractivity contribution in [3.63, 3.8) is 0 Å². The average molecular weight is 290 g/mol. The van der Waals surface area contributed by atoms with Crippen LogP contribution in [-0.2, 0) is 6.42 Å². The smallest absolute Gasteiger partial charge is 0.316 e. The number of nitrogens with one attached hydrogen (secondary N) is 1. The average Bonchev–Trinajstić information content (AvgIpc) is 2.37. The first kappa shape index (κ1) is 16.4. The van der Waals surface area contributed by atoms with E-state index in [1.807, 2.05) is 0 Å². The summed E-state index contributed by atoms with van der Waals surface area (Å²) in [6.45, 7) is 1.19. The third kappa shape index (κ3) is 7.08. The van der Waals surface area contributed by atoms with Crippen molar-refractivity contribution in [1.29, 1.82) is 0 Å². The summed E-state index contributed by atoms with van der Waals surface area (Å²) in [6.07, 6.45) is -3.50. The lowest BCUT2D eigenvalue weighted by molar-refractivity contribution is -0.384. The normalized spacial score (nSPS) is 11.6. The Balaban J connectivity index is 2.11. The van der Waals surface area contributed by atoms with Gasteiger partial charge in [-0.05, 0) is 37.9 Å². The van der Waals surface area contributed by atoms with Crippen LogP contribution in [0, 0.1) is 10.1 Å². The van der Waals surface area contributed by atoms with Crippen LogP contribution in [0.15, 0.2) is 24.3 Å². The highest BCUT2D eigenvalue weighted by Gasteiger charge is 2.25. The lowest BCUT2D eigenvalue weighted by Crippen LogP contribution is -2.19. The van der Waals surface area contributed by atoms with Gasteiger partial charge >= 0.3 is 6.18 Å². The number of non-ortho nitro benzene ring substituents is 1. The molecule has 0 heterocycles. The molecule has 112 valence electrons. The summed E-state index contributed by atoms with van der Waals surface area (Å²) in [6, 6.07) is 6.25. The molecule has 0 atom stereocenters. The van der Waals surface area contributed by atoms with Crippen molar-refractivity contribution in [3.05, 3.63) is 39.9 Å². The summed E-state index contributed by atoms with van der Waals surface area (Å²) in [5, 5.41) is 13.5. The molecule has 4 nitrogen and oxygen atoms in total. The zero-order chi connectivity index (χ0) is 15.0. The molecule has 0 bridgehead atoms. The molecule has 0 radical (unpaired) electrons. The standard InChI is InChI=1S/C13H17F3N2O2/c14-13(15,16)8-1-2-9-17-10-7-11-3-5-12(6-4-11)18(19)20/h3-6,17H,1-2,7-10H2. The first-order valence-electron chi connectivity index (χ1n) is 6.39. The molecule has 0 saturated heterocycles. The number of hydrogen-bond donors (Lipinski definition) is 1. The number of rotatable bonds is 8. The third-order valence-corrected chi connectivity index (χ3v) is 2.80. The first-order chi connectivity index (χ1) is 9.38. The Morgan fingerprint density at radius 3 is 2.30 bits per heavy atom. The van der Waals surface area contributed by atoms with E-state index in [-0.39, 0.29) is 12.1 Å². The molecule has 1 N–H and O–H groups in total. The van der Waals surface area contributed by atoms with Gasteiger partial charge in [-0.25, -0.2) is 0 Å². The number of nitro benzene ring substituents is 1. The van der Waals surface area contributed by atoms with Gasteiger partial charge in [0, 0.05) is 18.6 Å². The first-order valence-corrected chi connectivity index (χ1v) is 6.39. The summed E-state index contributed by atoms with van der Waals surface area (Å²) < 4.78 is 35.6. The molecule has 0 aromatic heterocycles. The van der Waals surface area contributed by atoms with E-state index >= 15 is 0 Å². The van der Waals surface area contributed by atoms with Crippen molar-refractivity contribution in [2.75, 3.05) is 13.1 Å². The molecular formula is C13H17F3N2O2. The fourth-order valence-corrected chi connectivity index (χ4v) is 1.72. The van der Waals surface area contributed by atoms with Gasteiger partial charge < -0.3 is 5.32 Å². The Hall–Kier alpha value is -1.63. The van der Waals surface area contributed by atoms with E-state index in [0.717, 1.165) is 5.56 Å². The molecule has 0 amide bonds. The van der Waals surface area contributed by atoms with Crippen LogP contribution in [0.3, 0.4) is 0 Å². The Kier molecular flexibility index (Phi) is 6.44. The second kappa shape index (κ2) is 7.84. The molecule has 0 aliphatic carbocycles. The maximum Gasteiger partial charge on any atom is 0.389 e. The topological polar surface area (TPSA) is 55.2 Å². The van der Waals surface area contributed by atoms with Gasteiger partial charge in [-0.2, -0.15) is 13.2 Å². The van der Waals surface area contributed by atoms with Gasteiger partial charge in [0.05, 0.1) is 4.92 Å². The number of nitrogens with zero attached hydrogens (tertiary/aromatic N) is 1. The van der Waals surface area contributed by atoms with Crippen molar-refractivity contribution in [1.82, 2.24) is 5.32 Å². The number of alkyl halides is 3.